The second-order valence-electron chi connectivity index (χ2n) is 9.58. The van der Waals surface area contributed by atoms with Gasteiger partial charge in [0, 0.05) is 13.1 Å². The number of hydrogen-bond acceptors (Lipinski definition) is 5. The van der Waals surface area contributed by atoms with E-state index in [-0.39, 0.29) is 16.2 Å². The number of piperidine rings is 1. The van der Waals surface area contributed by atoms with Gasteiger partial charge in [0.15, 0.2) is 12.1 Å². The predicted molar refractivity (Wildman–Crippen MR) is 128 cm³/mol. The third-order valence-corrected chi connectivity index (χ3v) is 8.81. The highest BCUT2D eigenvalue weighted by Gasteiger charge is 2.49. The van der Waals surface area contributed by atoms with Crippen LogP contribution in [0.4, 0.5) is 5.82 Å². The fourth-order valence-electron chi connectivity index (χ4n) is 4.70. The van der Waals surface area contributed by atoms with E-state index in [0.717, 1.165) is 44.3 Å². The fourth-order valence-corrected chi connectivity index (χ4v) is 5.92. The molecule has 166 valence electrons. The number of nitrogens with one attached hydrogen (secondary N) is 1. The average Bonchev–Trinajstić information content (AvgIpc) is 3.02. The van der Waals surface area contributed by atoms with Crippen LogP contribution < -0.4 is 9.62 Å². The number of anilines is 1. The van der Waals surface area contributed by atoms with Gasteiger partial charge in [-0.05, 0) is 79.4 Å². The van der Waals surface area contributed by atoms with Gasteiger partial charge in [-0.1, -0.05) is 24.3 Å². The lowest BCUT2D eigenvalue weighted by Gasteiger charge is -2.44. The molecule has 6 nitrogen and oxygen atoms in total. The molecule has 1 fully saturated rings. The van der Waals surface area contributed by atoms with Crippen molar-refractivity contribution in [3.63, 3.8) is 0 Å². The number of carbonyl (C=O) groups is 1. The van der Waals surface area contributed by atoms with Crippen LogP contribution in [-0.4, -0.2) is 38.3 Å². The van der Waals surface area contributed by atoms with Gasteiger partial charge >= 0.3 is 0 Å². The van der Waals surface area contributed by atoms with Crippen LogP contribution in [0.1, 0.15) is 67.0 Å². The van der Waals surface area contributed by atoms with Crippen molar-refractivity contribution in [1.82, 2.24) is 14.7 Å². The first-order chi connectivity index (χ1) is 14.6. The van der Waals surface area contributed by atoms with Crippen LogP contribution in [0, 0.1) is 12.3 Å². The van der Waals surface area contributed by atoms with Gasteiger partial charge in [0.2, 0.25) is 0 Å². The molecule has 2 heterocycles. The molecule has 1 unspecified atom stereocenters. The number of fused-ring (bicyclic) bond motifs is 1. The van der Waals surface area contributed by atoms with E-state index in [4.69, 9.17) is 0 Å². The zero-order valence-electron chi connectivity index (χ0n) is 18.4. The maximum Gasteiger partial charge on any atom is 0.172 e. The van der Waals surface area contributed by atoms with Crippen molar-refractivity contribution in [3.8, 4) is 0 Å². The van der Waals surface area contributed by atoms with Crippen molar-refractivity contribution in [2.75, 3.05) is 18.0 Å². The highest BCUT2D eigenvalue weighted by Crippen LogP contribution is 2.52. The first-order valence-corrected chi connectivity index (χ1v) is 12.6. The Morgan fingerprint density at radius 3 is 2.55 bits per heavy atom. The largest absolute Gasteiger partial charge is 0.355 e. The Kier molecular flexibility index (Phi) is 6.09. The molecular formula is C23H29BrN4O2S. The van der Waals surface area contributed by atoms with Gasteiger partial charge in [0.1, 0.15) is 10.3 Å². The Morgan fingerprint density at radius 1 is 1.23 bits per heavy atom. The fraction of sp³-hybridized carbons (Fsp3) is 0.522. The summed E-state index contributed by atoms with van der Waals surface area (Å²) < 4.78 is 16.8. The lowest BCUT2D eigenvalue weighted by atomic mass is 9.73. The van der Waals surface area contributed by atoms with Crippen LogP contribution in [0.5, 0.6) is 0 Å². The minimum absolute atomic E-state index is 0.000274. The SMILES string of the molecule is Cc1nc(N2CCC3(CC2)Cc2ccccc2[C@H]3NS(=O)C(C)(C)C)c(C=O)nc1Br. The minimum atomic E-state index is -1.16. The molecule has 1 aromatic heterocycles. The molecule has 0 saturated carbocycles. The van der Waals surface area contributed by atoms with E-state index in [1.165, 1.54) is 11.1 Å². The highest BCUT2D eigenvalue weighted by atomic mass is 79.9. The van der Waals surface area contributed by atoms with Gasteiger partial charge in [-0.2, -0.15) is 0 Å². The number of carbonyl (C=O) groups excluding carboxylic acids is 1. The van der Waals surface area contributed by atoms with Gasteiger partial charge in [-0.3, -0.25) is 4.79 Å². The van der Waals surface area contributed by atoms with Crippen LogP contribution in [0.3, 0.4) is 0 Å². The first-order valence-electron chi connectivity index (χ1n) is 10.6. The molecule has 2 aliphatic rings. The molecule has 4 rings (SSSR count). The van der Waals surface area contributed by atoms with Gasteiger partial charge in [0.05, 0.1) is 27.5 Å². The molecule has 0 bridgehead atoms. The normalized spacial score (nSPS) is 21.2. The van der Waals surface area contributed by atoms with Gasteiger partial charge in [-0.25, -0.2) is 18.9 Å². The molecule has 0 radical (unpaired) electrons. The molecule has 2 aromatic rings. The van der Waals surface area contributed by atoms with E-state index in [2.05, 4.69) is 59.8 Å². The molecule has 1 N–H and O–H groups in total. The molecule has 0 amide bonds. The van der Waals surface area contributed by atoms with Crippen LogP contribution in [-0.2, 0) is 17.4 Å². The zero-order chi connectivity index (χ0) is 22.4. The van der Waals surface area contributed by atoms with E-state index in [1.54, 1.807) is 0 Å². The molecule has 1 saturated heterocycles. The van der Waals surface area contributed by atoms with Crippen molar-refractivity contribution in [2.45, 2.75) is 57.7 Å². The van der Waals surface area contributed by atoms with Gasteiger partial charge in [-0.15, -0.1) is 0 Å². The molecular weight excluding hydrogens is 476 g/mol. The average molecular weight is 505 g/mol. The number of aromatic nitrogens is 2. The summed E-state index contributed by atoms with van der Waals surface area (Å²) in [4.78, 5) is 22.8. The third-order valence-electron chi connectivity index (χ3n) is 6.49. The van der Waals surface area contributed by atoms with Crippen molar-refractivity contribution < 1.29 is 9.00 Å². The van der Waals surface area contributed by atoms with Crippen molar-refractivity contribution in [2.24, 2.45) is 5.41 Å². The Bertz CT molecular complexity index is 1030. The summed E-state index contributed by atoms with van der Waals surface area (Å²) in [6, 6.07) is 8.56. The molecule has 1 aliphatic heterocycles. The maximum absolute atomic E-state index is 13.0. The van der Waals surface area contributed by atoms with Crippen LogP contribution in [0.15, 0.2) is 28.9 Å². The summed E-state index contributed by atoms with van der Waals surface area (Å²) >= 11 is 3.37. The van der Waals surface area contributed by atoms with Crippen molar-refractivity contribution >= 4 is 39.0 Å². The van der Waals surface area contributed by atoms with E-state index in [1.807, 2.05) is 27.7 Å². The summed E-state index contributed by atoms with van der Waals surface area (Å²) in [5.74, 6) is 0.656. The highest BCUT2D eigenvalue weighted by molar-refractivity contribution is 9.10. The van der Waals surface area contributed by atoms with Gasteiger partial charge in [0.25, 0.3) is 0 Å². The monoisotopic (exact) mass is 504 g/mol. The van der Waals surface area contributed by atoms with E-state index in [0.29, 0.717) is 16.1 Å². The number of halogens is 1. The third kappa shape index (κ3) is 4.22. The molecule has 1 aliphatic carbocycles. The van der Waals surface area contributed by atoms with Crippen LogP contribution in [0.2, 0.25) is 0 Å². The summed E-state index contributed by atoms with van der Waals surface area (Å²) in [5, 5.41) is 0. The zero-order valence-corrected chi connectivity index (χ0v) is 20.8. The van der Waals surface area contributed by atoms with Gasteiger partial charge < -0.3 is 4.90 Å². The Balaban J connectivity index is 1.61. The number of nitrogens with zero attached hydrogens (tertiary/aromatic N) is 3. The number of aldehydes is 1. The number of hydrogen-bond donors (Lipinski definition) is 1. The second-order valence-corrected chi connectivity index (χ2v) is 12.3. The Hall–Kier alpha value is -1.64. The summed E-state index contributed by atoms with van der Waals surface area (Å²) in [6.45, 7) is 9.46. The molecule has 1 spiro atoms. The standard InChI is InChI=1S/C23H29BrN4O2S/c1-15-20(24)26-18(14-29)21(25-15)28-11-9-23(10-12-28)13-16-7-5-6-8-17(16)19(23)27-31(30)22(2,3)4/h5-8,14,19,27H,9-13H2,1-4H3/t19-,31?/m1/s1. The van der Waals surface area contributed by atoms with Crippen LogP contribution >= 0.6 is 15.9 Å². The lowest BCUT2D eigenvalue weighted by Crippen LogP contribution is -2.48. The quantitative estimate of drug-likeness (QED) is 0.628. The number of aryl methyl sites for hydroxylation is 1. The second kappa shape index (κ2) is 8.37. The van der Waals surface area contributed by atoms with Crippen molar-refractivity contribution in [1.29, 1.82) is 0 Å². The first kappa shape index (κ1) is 22.6. The Labute approximate surface area is 195 Å². The minimum Gasteiger partial charge on any atom is -0.355 e. The Morgan fingerprint density at radius 2 is 1.90 bits per heavy atom. The molecule has 1 aromatic carbocycles. The molecule has 2 atom stereocenters. The number of benzene rings is 1. The maximum atomic E-state index is 13.0. The van der Waals surface area contributed by atoms with E-state index >= 15 is 0 Å². The molecule has 8 heteroatoms. The number of rotatable bonds is 4. The van der Waals surface area contributed by atoms with E-state index < -0.39 is 11.0 Å². The lowest BCUT2D eigenvalue weighted by molar-refractivity contribution is 0.111. The summed E-state index contributed by atoms with van der Waals surface area (Å²) in [5.41, 5.74) is 3.75. The molecule has 31 heavy (non-hydrogen) atoms. The summed E-state index contributed by atoms with van der Waals surface area (Å²) in [6.07, 6.45) is 3.60. The van der Waals surface area contributed by atoms with Crippen molar-refractivity contribution in [3.05, 3.63) is 51.4 Å². The smallest absolute Gasteiger partial charge is 0.172 e. The topological polar surface area (TPSA) is 75.2 Å². The van der Waals surface area contributed by atoms with Crippen LogP contribution in [0.25, 0.3) is 0 Å². The van der Waals surface area contributed by atoms with E-state index in [9.17, 15) is 9.00 Å². The predicted octanol–water partition coefficient (Wildman–Crippen LogP) is 4.30. The summed E-state index contributed by atoms with van der Waals surface area (Å²) in [7, 11) is -1.16.